The largest absolute Gasteiger partial charge is 0.497 e. The zero-order valence-electron chi connectivity index (χ0n) is 16.6. The molecule has 27 heavy (non-hydrogen) atoms. The van der Waals surface area contributed by atoms with Gasteiger partial charge in [-0.05, 0) is 49.7 Å². The van der Waals surface area contributed by atoms with Crippen molar-refractivity contribution in [1.29, 1.82) is 0 Å². The van der Waals surface area contributed by atoms with Gasteiger partial charge < -0.3 is 23.8 Å². The summed E-state index contributed by atoms with van der Waals surface area (Å²) in [4.78, 5) is 15.4. The van der Waals surface area contributed by atoms with Gasteiger partial charge in [0.05, 0.1) is 28.4 Å². The second-order valence-corrected chi connectivity index (χ2v) is 7.70. The minimum atomic E-state index is -0.297. The predicted octanol–water partition coefficient (Wildman–Crippen LogP) is 2.30. The average Bonchev–Trinajstić information content (AvgIpc) is 2.68. The van der Waals surface area contributed by atoms with Crippen molar-refractivity contribution in [3.63, 3.8) is 0 Å². The van der Waals surface area contributed by atoms with Crippen LogP contribution in [0.4, 0.5) is 0 Å². The third kappa shape index (κ3) is 2.39. The number of carbonyl (C=O) groups excluding carboxylic acids is 1. The number of ketones is 1. The third-order valence-corrected chi connectivity index (χ3v) is 6.69. The number of hydrogen-bond donors (Lipinski definition) is 0. The van der Waals surface area contributed by atoms with Crippen LogP contribution in [0.3, 0.4) is 0 Å². The normalized spacial score (nSPS) is 29.7. The van der Waals surface area contributed by atoms with Crippen molar-refractivity contribution in [1.82, 2.24) is 4.90 Å². The van der Waals surface area contributed by atoms with Crippen molar-refractivity contribution >= 4 is 5.78 Å². The second-order valence-electron chi connectivity index (χ2n) is 7.70. The summed E-state index contributed by atoms with van der Waals surface area (Å²) in [6, 6.07) is 4.39. The molecule has 1 saturated heterocycles. The molecule has 0 N–H and O–H groups in total. The summed E-state index contributed by atoms with van der Waals surface area (Å²) in [7, 11) is 8.64. The molecule has 3 unspecified atom stereocenters. The summed E-state index contributed by atoms with van der Waals surface area (Å²) in [6.07, 6.45) is 2.19. The minimum absolute atomic E-state index is 0.0107. The Labute approximate surface area is 160 Å². The van der Waals surface area contributed by atoms with Crippen LogP contribution < -0.4 is 9.47 Å². The fourth-order valence-corrected chi connectivity index (χ4v) is 5.47. The van der Waals surface area contributed by atoms with Crippen LogP contribution in [-0.2, 0) is 26.1 Å². The number of fused-ring (bicyclic) bond motifs is 1. The van der Waals surface area contributed by atoms with Crippen molar-refractivity contribution < 1.29 is 23.7 Å². The van der Waals surface area contributed by atoms with Crippen molar-refractivity contribution in [2.75, 3.05) is 42.0 Å². The lowest BCUT2D eigenvalue weighted by atomic mass is 9.53. The predicted molar refractivity (Wildman–Crippen MR) is 100 cm³/mol. The SMILES string of the molecule is COC1=C(OC)C2C3Cc4cc(OC)c(OC)cc4C2(CCN3C)CC1=O. The Morgan fingerprint density at radius 2 is 1.74 bits per heavy atom. The van der Waals surface area contributed by atoms with Gasteiger partial charge in [0.2, 0.25) is 5.78 Å². The molecule has 1 aromatic rings. The average molecular weight is 373 g/mol. The molecule has 0 saturated carbocycles. The highest BCUT2D eigenvalue weighted by molar-refractivity contribution is 5.96. The molecule has 146 valence electrons. The number of likely N-dealkylation sites (tertiary alicyclic amines) is 1. The Balaban J connectivity index is 1.98. The van der Waals surface area contributed by atoms with E-state index in [4.69, 9.17) is 18.9 Å². The number of benzene rings is 1. The molecule has 0 spiro atoms. The van der Waals surface area contributed by atoms with Crippen LogP contribution in [0.15, 0.2) is 23.7 Å². The Morgan fingerprint density at radius 1 is 1.04 bits per heavy atom. The van der Waals surface area contributed by atoms with E-state index in [9.17, 15) is 4.79 Å². The van der Waals surface area contributed by atoms with E-state index < -0.39 is 0 Å². The highest BCUT2D eigenvalue weighted by atomic mass is 16.5. The smallest absolute Gasteiger partial charge is 0.201 e. The van der Waals surface area contributed by atoms with E-state index in [1.807, 2.05) is 0 Å². The Hall–Kier alpha value is -2.21. The second kappa shape index (κ2) is 6.44. The minimum Gasteiger partial charge on any atom is -0.497 e. The molecule has 0 amide bonds. The summed E-state index contributed by atoms with van der Waals surface area (Å²) >= 11 is 0. The number of nitrogens with zero attached hydrogens (tertiary/aromatic N) is 1. The first-order valence-corrected chi connectivity index (χ1v) is 9.31. The van der Waals surface area contributed by atoms with Gasteiger partial charge in [-0.1, -0.05) is 0 Å². The maximum absolute atomic E-state index is 13.0. The van der Waals surface area contributed by atoms with Gasteiger partial charge in [0.25, 0.3) is 0 Å². The molecule has 0 aromatic heterocycles. The first-order chi connectivity index (χ1) is 13.0. The molecule has 6 heteroatoms. The molecule has 6 nitrogen and oxygen atoms in total. The lowest BCUT2D eigenvalue weighted by Crippen LogP contribution is -2.61. The highest BCUT2D eigenvalue weighted by Crippen LogP contribution is 2.57. The molecular formula is C21H27NO5. The maximum atomic E-state index is 13.0. The Kier molecular flexibility index (Phi) is 4.34. The number of hydrogen-bond acceptors (Lipinski definition) is 6. The van der Waals surface area contributed by atoms with E-state index in [1.165, 1.54) is 11.1 Å². The van der Waals surface area contributed by atoms with Crippen LogP contribution in [0, 0.1) is 5.92 Å². The molecule has 4 rings (SSSR count). The van der Waals surface area contributed by atoms with Crippen molar-refractivity contribution in [2.24, 2.45) is 5.92 Å². The van der Waals surface area contributed by atoms with E-state index >= 15 is 0 Å². The van der Waals surface area contributed by atoms with Gasteiger partial charge in [-0.25, -0.2) is 0 Å². The van der Waals surface area contributed by atoms with Gasteiger partial charge in [-0.15, -0.1) is 0 Å². The van der Waals surface area contributed by atoms with Crippen LogP contribution >= 0.6 is 0 Å². The van der Waals surface area contributed by atoms with E-state index in [-0.39, 0.29) is 23.2 Å². The maximum Gasteiger partial charge on any atom is 0.201 e. The number of Topliss-reactive ketones (excluding diaryl/α,β-unsaturated/α-hetero) is 1. The van der Waals surface area contributed by atoms with Gasteiger partial charge in [0.1, 0.15) is 5.76 Å². The van der Waals surface area contributed by atoms with Crippen LogP contribution in [0.2, 0.25) is 0 Å². The molecule has 2 bridgehead atoms. The summed E-state index contributed by atoms with van der Waals surface area (Å²) in [5, 5.41) is 0. The first kappa shape index (κ1) is 18.2. The molecule has 1 aromatic carbocycles. The lowest BCUT2D eigenvalue weighted by Gasteiger charge is -2.57. The molecule has 3 atom stereocenters. The third-order valence-electron chi connectivity index (χ3n) is 6.69. The van der Waals surface area contributed by atoms with Crippen molar-refractivity contribution in [2.45, 2.75) is 30.7 Å². The number of carbonyl (C=O) groups is 1. The fraction of sp³-hybridized carbons (Fsp3) is 0.571. The standard InChI is InChI=1S/C21H27NO5/c1-22-7-6-21-11-15(23)19(26-4)20(27-5)18(21)14(22)8-12-9-16(24-2)17(25-3)10-13(12)21/h9-10,14,18H,6-8,11H2,1-5H3. The van der Waals surface area contributed by atoms with Crippen LogP contribution in [0.5, 0.6) is 11.5 Å². The van der Waals surface area contributed by atoms with Gasteiger partial charge in [0, 0.05) is 23.8 Å². The van der Waals surface area contributed by atoms with Crippen LogP contribution in [0.1, 0.15) is 24.0 Å². The number of allylic oxidation sites excluding steroid dienone is 1. The van der Waals surface area contributed by atoms with Crippen molar-refractivity contribution in [3.8, 4) is 11.5 Å². The zero-order chi connectivity index (χ0) is 19.3. The van der Waals surface area contributed by atoms with Gasteiger partial charge in [0.15, 0.2) is 17.3 Å². The summed E-state index contributed by atoms with van der Waals surface area (Å²) < 4.78 is 22.3. The van der Waals surface area contributed by atoms with Gasteiger partial charge >= 0.3 is 0 Å². The summed E-state index contributed by atoms with van der Waals surface area (Å²) in [5.74, 6) is 2.59. The molecular weight excluding hydrogens is 346 g/mol. The number of piperidine rings is 1. The summed E-state index contributed by atoms with van der Waals surface area (Å²) in [5.41, 5.74) is 2.12. The molecule has 1 heterocycles. The monoisotopic (exact) mass is 373 g/mol. The van der Waals surface area contributed by atoms with E-state index in [2.05, 4.69) is 24.1 Å². The molecule has 1 aliphatic heterocycles. The van der Waals surface area contributed by atoms with E-state index in [0.717, 1.165) is 25.1 Å². The van der Waals surface area contributed by atoms with Crippen LogP contribution in [-0.4, -0.2) is 58.8 Å². The van der Waals surface area contributed by atoms with E-state index in [1.54, 1.807) is 28.4 Å². The first-order valence-electron chi connectivity index (χ1n) is 9.31. The topological polar surface area (TPSA) is 57.2 Å². The van der Waals surface area contributed by atoms with Gasteiger partial charge in [-0.3, -0.25) is 4.79 Å². The summed E-state index contributed by atoms with van der Waals surface area (Å²) in [6.45, 7) is 0.946. The highest BCUT2D eigenvalue weighted by Gasteiger charge is 2.59. The number of rotatable bonds is 4. The quantitative estimate of drug-likeness (QED) is 0.807. The number of methoxy groups -OCH3 is 4. The fourth-order valence-electron chi connectivity index (χ4n) is 5.47. The molecule has 2 aliphatic carbocycles. The Bertz CT molecular complexity index is 817. The molecule has 3 aliphatic rings. The Morgan fingerprint density at radius 3 is 2.37 bits per heavy atom. The van der Waals surface area contributed by atoms with Crippen LogP contribution in [0.25, 0.3) is 0 Å². The van der Waals surface area contributed by atoms with Gasteiger partial charge in [-0.2, -0.15) is 0 Å². The van der Waals surface area contributed by atoms with E-state index in [0.29, 0.717) is 23.7 Å². The van der Waals surface area contributed by atoms with Crippen molar-refractivity contribution in [3.05, 3.63) is 34.8 Å². The lowest BCUT2D eigenvalue weighted by molar-refractivity contribution is -0.125. The number of ether oxygens (including phenoxy) is 4. The molecule has 1 fully saturated rings. The zero-order valence-corrected chi connectivity index (χ0v) is 16.6. The number of likely N-dealkylation sites (N-methyl/N-ethyl adjacent to an activating group) is 1. The molecule has 0 radical (unpaired) electrons.